The molecule has 24 heavy (non-hydrogen) atoms. The number of amides is 1. The van der Waals surface area contributed by atoms with Crippen LogP contribution in [0.15, 0.2) is 29.2 Å². The van der Waals surface area contributed by atoms with Gasteiger partial charge in [-0.2, -0.15) is 0 Å². The summed E-state index contributed by atoms with van der Waals surface area (Å²) in [7, 11) is 1.64. The molecule has 1 aromatic rings. The van der Waals surface area contributed by atoms with Crippen molar-refractivity contribution >= 4 is 40.3 Å². The van der Waals surface area contributed by atoms with Crippen LogP contribution in [0, 0.1) is 0 Å². The summed E-state index contributed by atoms with van der Waals surface area (Å²) >= 11 is 6.76. The number of rotatable bonds is 8. The zero-order chi connectivity index (χ0) is 17.5. The largest absolute Gasteiger partial charge is 0.497 e. The number of carbonyl (C=O) groups excluding carboxylic acids is 1. The third-order valence-electron chi connectivity index (χ3n) is 4.04. The van der Waals surface area contributed by atoms with Crippen molar-refractivity contribution in [1.82, 2.24) is 9.80 Å². The van der Waals surface area contributed by atoms with E-state index in [1.165, 1.54) is 11.8 Å². The van der Waals surface area contributed by atoms with Crippen molar-refractivity contribution < 1.29 is 9.53 Å². The maximum atomic E-state index is 12.6. The fourth-order valence-corrected chi connectivity index (χ4v) is 3.85. The summed E-state index contributed by atoms with van der Waals surface area (Å²) in [5.41, 5.74) is 0.972. The van der Waals surface area contributed by atoms with Crippen LogP contribution < -0.4 is 4.74 Å². The lowest BCUT2D eigenvalue weighted by Gasteiger charge is -2.20. The van der Waals surface area contributed by atoms with Gasteiger partial charge in [-0.1, -0.05) is 50.0 Å². The van der Waals surface area contributed by atoms with Gasteiger partial charge < -0.3 is 9.64 Å². The number of nitrogens with zero attached hydrogens (tertiary/aromatic N) is 2. The topological polar surface area (TPSA) is 32.8 Å². The molecule has 1 fully saturated rings. The minimum Gasteiger partial charge on any atom is -0.497 e. The summed E-state index contributed by atoms with van der Waals surface area (Å²) in [6.45, 7) is 8.04. The molecular formula is C18H24N2O2S2. The zero-order valence-electron chi connectivity index (χ0n) is 14.4. The number of methoxy groups -OCH3 is 1. The molecule has 1 aliphatic heterocycles. The molecule has 0 N–H and O–H groups in total. The molecule has 4 nitrogen and oxygen atoms in total. The van der Waals surface area contributed by atoms with Gasteiger partial charge in [0.05, 0.1) is 12.0 Å². The van der Waals surface area contributed by atoms with Gasteiger partial charge in [0.15, 0.2) is 0 Å². The van der Waals surface area contributed by atoms with Gasteiger partial charge >= 0.3 is 0 Å². The number of thiocarbonyl (C=S) groups is 1. The van der Waals surface area contributed by atoms with Gasteiger partial charge in [-0.3, -0.25) is 9.69 Å². The molecule has 130 valence electrons. The highest BCUT2D eigenvalue weighted by molar-refractivity contribution is 8.26. The van der Waals surface area contributed by atoms with Gasteiger partial charge in [-0.15, -0.1) is 0 Å². The Morgan fingerprint density at radius 1 is 1.25 bits per heavy atom. The van der Waals surface area contributed by atoms with E-state index in [1.54, 1.807) is 12.0 Å². The molecule has 1 amide bonds. The maximum absolute atomic E-state index is 12.6. The predicted molar refractivity (Wildman–Crippen MR) is 105 cm³/mol. The number of ether oxygens (including phenoxy) is 1. The Balaban J connectivity index is 1.98. The second-order valence-electron chi connectivity index (χ2n) is 5.49. The highest BCUT2D eigenvalue weighted by Crippen LogP contribution is 2.32. The van der Waals surface area contributed by atoms with Gasteiger partial charge in [0.2, 0.25) is 0 Å². The Morgan fingerprint density at radius 3 is 2.50 bits per heavy atom. The van der Waals surface area contributed by atoms with Gasteiger partial charge in [0, 0.05) is 6.54 Å². The highest BCUT2D eigenvalue weighted by Gasteiger charge is 2.31. The smallest absolute Gasteiger partial charge is 0.266 e. The zero-order valence-corrected chi connectivity index (χ0v) is 16.1. The molecule has 0 atom stereocenters. The Labute approximate surface area is 153 Å². The standard InChI is InChI=1S/C18H24N2O2S2/c1-4-19(5-2)11-6-12-20-17(21)16(24-18(20)23)13-14-7-9-15(22-3)10-8-14/h7-10,13H,4-6,11-12H2,1-3H3. The minimum atomic E-state index is 0.0142. The van der Waals surface area contributed by atoms with Gasteiger partial charge in [-0.05, 0) is 49.8 Å². The van der Waals surface area contributed by atoms with E-state index in [-0.39, 0.29) is 5.91 Å². The Bertz CT molecular complexity index is 610. The van der Waals surface area contributed by atoms with Crippen molar-refractivity contribution in [2.24, 2.45) is 0 Å². The molecule has 2 rings (SSSR count). The van der Waals surface area contributed by atoms with Crippen LogP contribution in [-0.2, 0) is 4.79 Å². The van der Waals surface area contributed by atoms with Crippen molar-refractivity contribution in [2.75, 3.05) is 33.3 Å². The van der Waals surface area contributed by atoms with Crippen molar-refractivity contribution in [3.63, 3.8) is 0 Å². The molecule has 1 heterocycles. The van der Waals surface area contributed by atoms with E-state index in [0.29, 0.717) is 15.8 Å². The first-order valence-electron chi connectivity index (χ1n) is 8.20. The van der Waals surface area contributed by atoms with Gasteiger partial charge in [0.1, 0.15) is 10.1 Å². The summed E-state index contributed by atoms with van der Waals surface area (Å²) in [6, 6.07) is 7.64. The van der Waals surface area contributed by atoms with Gasteiger partial charge in [-0.25, -0.2) is 0 Å². The van der Waals surface area contributed by atoms with Crippen LogP contribution in [-0.4, -0.2) is 53.3 Å². The van der Waals surface area contributed by atoms with E-state index < -0.39 is 0 Å². The van der Waals surface area contributed by atoms with Crippen LogP contribution in [0.2, 0.25) is 0 Å². The minimum absolute atomic E-state index is 0.0142. The summed E-state index contributed by atoms with van der Waals surface area (Å²) in [4.78, 5) is 17.3. The van der Waals surface area contributed by atoms with E-state index in [9.17, 15) is 4.79 Å². The fourth-order valence-electron chi connectivity index (χ4n) is 2.54. The first-order chi connectivity index (χ1) is 11.6. The Morgan fingerprint density at radius 2 is 1.92 bits per heavy atom. The first kappa shape index (κ1) is 19.0. The summed E-state index contributed by atoms with van der Waals surface area (Å²) in [6.07, 6.45) is 2.83. The molecule has 0 bridgehead atoms. The second kappa shape index (κ2) is 9.20. The molecule has 1 saturated heterocycles. The van der Waals surface area contributed by atoms with Crippen LogP contribution in [0.3, 0.4) is 0 Å². The first-order valence-corrected chi connectivity index (χ1v) is 9.43. The van der Waals surface area contributed by atoms with Gasteiger partial charge in [0.25, 0.3) is 5.91 Å². The number of hydrogen-bond donors (Lipinski definition) is 0. The molecule has 1 aliphatic rings. The van der Waals surface area contributed by atoms with Crippen molar-refractivity contribution in [3.05, 3.63) is 34.7 Å². The average Bonchev–Trinajstić information content (AvgIpc) is 2.86. The van der Waals surface area contributed by atoms with Crippen molar-refractivity contribution in [3.8, 4) is 5.75 Å². The Kier molecular flexibility index (Phi) is 7.27. The molecular weight excluding hydrogens is 340 g/mol. The monoisotopic (exact) mass is 364 g/mol. The third kappa shape index (κ3) is 4.82. The highest BCUT2D eigenvalue weighted by atomic mass is 32.2. The SMILES string of the molecule is CCN(CC)CCCN1C(=O)C(=Cc2ccc(OC)cc2)SC1=S. The average molecular weight is 365 g/mol. The lowest BCUT2D eigenvalue weighted by molar-refractivity contribution is -0.122. The normalized spacial score (nSPS) is 16.5. The molecule has 1 aromatic carbocycles. The second-order valence-corrected chi connectivity index (χ2v) is 7.16. The van der Waals surface area contributed by atoms with E-state index in [1.807, 2.05) is 30.3 Å². The van der Waals surface area contributed by atoms with Crippen LogP contribution in [0.5, 0.6) is 5.75 Å². The van der Waals surface area contributed by atoms with Crippen LogP contribution in [0.4, 0.5) is 0 Å². The molecule has 0 saturated carbocycles. The van der Waals surface area contributed by atoms with E-state index in [0.717, 1.165) is 37.4 Å². The van der Waals surface area contributed by atoms with Crippen LogP contribution >= 0.6 is 24.0 Å². The van der Waals surface area contributed by atoms with E-state index in [2.05, 4.69) is 18.7 Å². The molecule has 0 aliphatic carbocycles. The molecule has 0 radical (unpaired) electrons. The van der Waals surface area contributed by atoms with Crippen molar-refractivity contribution in [2.45, 2.75) is 20.3 Å². The van der Waals surface area contributed by atoms with Crippen LogP contribution in [0.1, 0.15) is 25.8 Å². The molecule has 0 unspecified atom stereocenters. The summed E-state index contributed by atoms with van der Waals surface area (Å²) in [5, 5.41) is 0. The van der Waals surface area contributed by atoms with E-state index >= 15 is 0 Å². The fraction of sp³-hybridized carbons (Fsp3) is 0.444. The third-order valence-corrected chi connectivity index (χ3v) is 5.42. The number of thioether (sulfide) groups is 1. The quantitative estimate of drug-likeness (QED) is 0.520. The molecule has 6 heteroatoms. The number of hydrogen-bond acceptors (Lipinski definition) is 5. The number of carbonyl (C=O) groups is 1. The maximum Gasteiger partial charge on any atom is 0.266 e. The Hall–Kier alpha value is -1.37. The predicted octanol–water partition coefficient (Wildman–Crippen LogP) is 3.63. The molecule has 0 spiro atoms. The molecule has 0 aromatic heterocycles. The summed E-state index contributed by atoms with van der Waals surface area (Å²) < 4.78 is 5.80. The summed E-state index contributed by atoms with van der Waals surface area (Å²) in [5.74, 6) is 0.816. The lowest BCUT2D eigenvalue weighted by atomic mass is 10.2. The van der Waals surface area contributed by atoms with E-state index in [4.69, 9.17) is 17.0 Å². The van der Waals surface area contributed by atoms with Crippen LogP contribution in [0.25, 0.3) is 6.08 Å². The lowest BCUT2D eigenvalue weighted by Crippen LogP contribution is -2.32. The number of benzene rings is 1. The van der Waals surface area contributed by atoms with Crippen molar-refractivity contribution in [1.29, 1.82) is 0 Å².